The summed E-state index contributed by atoms with van der Waals surface area (Å²) in [4.78, 5) is 0.336. The van der Waals surface area contributed by atoms with Gasteiger partial charge in [0.05, 0.1) is 11.5 Å². The molecule has 0 aromatic heterocycles. The lowest BCUT2D eigenvalue weighted by atomic mass is 9.87. The van der Waals surface area contributed by atoms with Crippen LogP contribution in [0.25, 0.3) is 0 Å². The summed E-state index contributed by atoms with van der Waals surface area (Å²) in [5.74, 6) is 1.37. The molecule has 2 rings (SSSR count). The van der Waals surface area contributed by atoms with Gasteiger partial charge in [-0.2, -0.15) is 0 Å². The van der Waals surface area contributed by atoms with Crippen molar-refractivity contribution in [2.75, 3.05) is 6.61 Å². The molecule has 130 valence electrons. The third-order valence-electron chi connectivity index (χ3n) is 4.63. The average molecular weight is 340 g/mol. The Hall–Kier alpha value is -1.07. The van der Waals surface area contributed by atoms with Gasteiger partial charge in [0, 0.05) is 6.04 Å². The van der Waals surface area contributed by atoms with Crippen LogP contribution in [0.1, 0.15) is 64.9 Å². The first-order valence-corrected chi connectivity index (χ1v) is 10.1. The minimum absolute atomic E-state index is 0.0443. The molecule has 0 amide bonds. The Bertz CT molecular complexity index is 625. The first kappa shape index (κ1) is 18.3. The molecule has 0 unspecified atom stereocenters. The second-order valence-electron chi connectivity index (χ2n) is 6.78. The number of hydrogen-bond donors (Lipinski definition) is 1. The van der Waals surface area contributed by atoms with Crippen molar-refractivity contribution >= 4 is 10.0 Å². The molecule has 0 saturated heterocycles. The average Bonchev–Trinajstić information content (AvgIpc) is 2.50. The number of hydrogen-bond acceptors (Lipinski definition) is 3. The molecule has 1 aromatic rings. The number of nitrogens with one attached hydrogen (secondary N) is 1. The smallest absolute Gasteiger partial charge is 0.240 e. The molecule has 0 heterocycles. The quantitative estimate of drug-likeness (QED) is 0.850. The highest BCUT2D eigenvalue weighted by atomic mass is 32.2. The van der Waals surface area contributed by atoms with Crippen molar-refractivity contribution < 1.29 is 13.2 Å². The van der Waals surface area contributed by atoms with Crippen molar-refractivity contribution in [1.29, 1.82) is 0 Å². The highest BCUT2D eigenvalue weighted by molar-refractivity contribution is 7.89. The first-order valence-electron chi connectivity index (χ1n) is 8.64. The molecule has 1 fully saturated rings. The molecule has 1 aromatic carbocycles. The van der Waals surface area contributed by atoms with Crippen LogP contribution in [0, 0.1) is 5.92 Å². The third-order valence-corrected chi connectivity index (χ3v) is 6.12. The van der Waals surface area contributed by atoms with Crippen LogP contribution in [0.5, 0.6) is 5.75 Å². The predicted molar refractivity (Wildman–Crippen MR) is 93.4 cm³/mol. The molecule has 2 atom stereocenters. The summed E-state index contributed by atoms with van der Waals surface area (Å²) in [6.45, 7) is 8.73. The molecule has 0 bridgehead atoms. The summed E-state index contributed by atoms with van der Waals surface area (Å²) in [6.07, 6.45) is 4.31. The van der Waals surface area contributed by atoms with Gasteiger partial charge in [-0.05, 0) is 55.4 Å². The molecule has 5 heteroatoms. The number of benzene rings is 1. The molecule has 0 radical (unpaired) electrons. The van der Waals surface area contributed by atoms with E-state index in [1.807, 2.05) is 20.8 Å². The van der Waals surface area contributed by atoms with Crippen molar-refractivity contribution in [3.8, 4) is 5.75 Å². The van der Waals surface area contributed by atoms with Gasteiger partial charge < -0.3 is 4.74 Å². The van der Waals surface area contributed by atoms with Crippen molar-refractivity contribution in [2.24, 2.45) is 5.92 Å². The topological polar surface area (TPSA) is 55.4 Å². The van der Waals surface area contributed by atoms with Crippen LogP contribution in [-0.2, 0) is 10.0 Å². The van der Waals surface area contributed by atoms with E-state index >= 15 is 0 Å². The molecule has 4 nitrogen and oxygen atoms in total. The van der Waals surface area contributed by atoms with E-state index in [1.165, 1.54) is 6.42 Å². The normalized spacial score (nSPS) is 22.3. The Morgan fingerprint density at radius 2 is 1.96 bits per heavy atom. The molecular weight excluding hydrogens is 310 g/mol. The van der Waals surface area contributed by atoms with E-state index in [-0.39, 0.29) is 12.0 Å². The van der Waals surface area contributed by atoms with Crippen LogP contribution in [0.4, 0.5) is 0 Å². The summed E-state index contributed by atoms with van der Waals surface area (Å²) >= 11 is 0. The molecule has 23 heavy (non-hydrogen) atoms. The second kappa shape index (κ2) is 7.67. The van der Waals surface area contributed by atoms with Crippen LogP contribution in [-0.4, -0.2) is 21.1 Å². The Balaban J connectivity index is 2.26. The molecule has 1 aliphatic carbocycles. The summed E-state index contributed by atoms with van der Waals surface area (Å²) < 4.78 is 34.0. The Morgan fingerprint density at radius 3 is 2.57 bits per heavy atom. The van der Waals surface area contributed by atoms with Crippen LogP contribution in [0.3, 0.4) is 0 Å². The molecule has 0 aliphatic heterocycles. The van der Waals surface area contributed by atoms with Gasteiger partial charge in [0.25, 0.3) is 0 Å². The van der Waals surface area contributed by atoms with Crippen LogP contribution in [0.2, 0.25) is 0 Å². The lowest BCUT2D eigenvalue weighted by Crippen LogP contribution is -2.41. The van der Waals surface area contributed by atoms with Gasteiger partial charge in [-0.15, -0.1) is 0 Å². The molecule has 1 N–H and O–H groups in total. The van der Waals surface area contributed by atoms with E-state index in [0.29, 0.717) is 17.4 Å². The van der Waals surface area contributed by atoms with Gasteiger partial charge in [-0.1, -0.05) is 33.6 Å². The minimum atomic E-state index is -3.49. The van der Waals surface area contributed by atoms with E-state index in [0.717, 1.165) is 30.6 Å². The fraction of sp³-hybridized carbons (Fsp3) is 0.667. The van der Waals surface area contributed by atoms with E-state index in [2.05, 4.69) is 11.6 Å². The maximum atomic E-state index is 12.7. The lowest BCUT2D eigenvalue weighted by molar-refractivity contribution is 0.310. The number of rotatable bonds is 6. The second-order valence-corrected chi connectivity index (χ2v) is 8.49. The van der Waals surface area contributed by atoms with Gasteiger partial charge in [-0.3, -0.25) is 0 Å². The highest BCUT2D eigenvalue weighted by Crippen LogP contribution is 2.30. The Kier molecular flexibility index (Phi) is 6.09. The summed E-state index contributed by atoms with van der Waals surface area (Å²) in [5.41, 5.74) is 0.936. The fourth-order valence-corrected chi connectivity index (χ4v) is 4.60. The Morgan fingerprint density at radius 1 is 1.26 bits per heavy atom. The third kappa shape index (κ3) is 4.48. The monoisotopic (exact) mass is 339 g/mol. The molecular formula is C18H29NO3S. The molecule has 1 aliphatic rings. The highest BCUT2D eigenvalue weighted by Gasteiger charge is 2.27. The van der Waals surface area contributed by atoms with Crippen molar-refractivity contribution in [3.05, 3.63) is 23.8 Å². The van der Waals surface area contributed by atoms with Crippen molar-refractivity contribution in [1.82, 2.24) is 4.72 Å². The standard InChI is InChI=1S/C18H29NO3S/c1-5-22-18-11-10-15(12-16(18)13(2)3)23(20,21)19-17-9-7-6-8-14(17)4/h10-14,17,19H,5-9H2,1-4H3/t14-,17-/m1/s1. The van der Waals surface area contributed by atoms with Gasteiger partial charge in [0.1, 0.15) is 5.75 Å². The summed E-state index contributed by atoms with van der Waals surface area (Å²) in [6, 6.07) is 5.22. The lowest BCUT2D eigenvalue weighted by Gasteiger charge is -2.29. The SMILES string of the molecule is CCOc1ccc(S(=O)(=O)N[C@@H]2CCCC[C@H]2C)cc1C(C)C. The number of sulfonamides is 1. The fourth-order valence-electron chi connectivity index (χ4n) is 3.19. The van der Waals surface area contributed by atoms with E-state index in [1.54, 1.807) is 18.2 Å². The van der Waals surface area contributed by atoms with Gasteiger partial charge in [-0.25, -0.2) is 13.1 Å². The first-order chi connectivity index (χ1) is 10.8. The van der Waals surface area contributed by atoms with Crippen molar-refractivity contribution in [3.63, 3.8) is 0 Å². The summed E-state index contributed by atoms with van der Waals surface area (Å²) in [5, 5.41) is 0. The Labute approximate surface area is 140 Å². The zero-order valence-corrected chi connectivity index (χ0v) is 15.4. The van der Waals surface area contributed by atoms with E-state index in [9.17, 15) is 8.42 Å². The molecule has 1 saturated carbocycles. The predicted octanol–water partition coefficient (Wildman–Crippen LogP) is 4.07. The maximum absolute atomic E-state index is 12.7. The van der Waals surface area contributed by atoms with Crippen molar-refractivity contribution in [2.45, 2.75) is 70.2 Å². The van der Waals surface area contributed by atoms with E-state index < -0.39 is 10.0 Å². The minimum Gasteiger partial charge on any atom is -0.494 e. The zero-order valence-electron chi connectivity index (χ0n) is 14.6. The van der Waals surface area contributed by atoms with E-state index in [4.69, 9.17) is 4.74 Å². The largest absolute Gasteiger partial charge is 0.494 e. The summed E-state index contributed by atoms with van der Waals surface area (Å²) in [7, 11) is -3.49. The zero-order chi connectivity index (χ0) is 17.0. The molecule has 0 spiro atoms. The van der Waals surface area contributed by atoms with Crippen LogP contribution in [0.15, 0.2) is 23.1 Å². The van der Waals surface area contributed by atoms with Gasteiger partial charge >= 0.3 is 0 Å². The van der Waals surface area contributed by atoms with Gasteiger partial charge in [0.2, 0.25) is 10.0 Å². The van der Waals surface area contributed by atoms with Crippen LogP contribution >= 0.6 is 0 Å². The van der Waals surface area contributed by atoms with Crippen LogP contribution < -0.4 is 9.46 Å². The maximum Gasteiger partial charge on any atom is 0.240 e. The number of ether oxygens (including phenoxy) is 1. The van der Waals surface area contributed by atoms with Gasteiger partial charge in [0.15, 0.2) is 0 Å².